The van der Waals surface area contributed by atoms with E-state index < -0.39 is 0 Å². The van der Waals surface area contributed by atoms with E-state index in [2.05, 4.69) is 20.4 Å². The number of hydrogen-bond acceptors (Lipinski definition) is 5. The van der Waals surface area contributed by atoms with Gasteiger partial charge in [0.2, 0.25) is 5.91 Å². The van der Waals surface area contributed by atoms with Crippen molar-refractivity contribution >= 4 is 29.3 Å². The van der Waals surface area contributed by atoms with Crippen LogP contribution in [-0.2, 0) is 11.2 Å². The van der Waals surface area contributed by atoms with Crippen molar-refractivity contribution in [2.45, 2.75) is 24.9 Å². The van der Waals surface area contributed by atoms with Gasteiger partial charge in [-0.2, -0.15) is 5.10 Å². The molecule has 0 saturated heterocycles. The molecule has 2 heterocycles. The number of aromatic amines is 1. The maximum Gasteiger partial charge on any atom is 0.232 e. The number of benzene rings is 2. The molecule has 0 unspecified atom stereocenters. The van der Waals surface area contributed by atoms with Crippen molar-refractivity contribution in [3.8, 4) is 16.9 Å². The van der Waals surface area contributed by atoms with E-state index in [1.807, 2.05) is 35.8 Å². The number of aryl methyl sites for hydroxylation is 2. The minimum absolute atomic E-state index is 0.0121. The number of hydrogen-bond donors (Lipinski definition) is 1. The topological polar surface area (TPSA) is 79.7 Å². The summed E-state index contributed by atoms with van der Waals surface area (Å²) < 4.78 is 14.9. The molecule has 0 aliphatic heterocycles. The van der Waals surface area contributed by atoms with Crippen LogP contribution in [0, 0.1) is 12.7 Å². The molecule has 0 spiro atoms. The minimum Gasteiger partial charge on any atom is -0.345 e. The Morgan fingerprint density at radius 2 is 2.00 bits per heavy atom. The minimum atomic E-state index is -0.273. The molecule has 0 fully saturated rings. The Hall–Kier alpha value is -3.17. The van der Waals surface area contributed by atoms with Gasteiger partial charge < -0.3 is 4.90 Å². The number of carbonyl (C=O) groups is 1. The Kier molecular flexibility index (Phi) is 7.64. The predicted octanol–water partition coefficient (Wildman–Crippen LogP) is 4.94. The molecule has 10 heteroatoms. The number of nitrogens with one attached hydrogen (secondary N) is 1. The molecule has 0 radical (unpaired) electrons. The summed E-state index contributed by atoms with van der Waals surface area (Å²) in [7, 11) is 1.80. The number of carbonyl (C=O) groups excluding carboxylic acids is 1. The lowest BCUT2D eigenvalue weighted by molar-refractivity contribution is -0.127. The number of halogens is 2. The van der Waals surface area contributed by atoms with E-state index in [0.717, 1.165) is 41.0 Å². The van der Waals surface area contributed by atoms with Crippen LogP contribution in [0.25, 0.3) is 16.9 Å². The molecule has 0 saturated carbocycles. The molecule has 0 aliphatic carbocycles. The van der Waals surface area contributed by atoms with Gasteiger partial charge in [-0.1, -0.05) is 29.4 Å². The van der Waals surface area contributed by atoms with Gasteiger partial charge in [0.1, 0.15) is 12.1 Å². The van der Waals surface area contributed by atoms with Gasteiger partial charge in [-0.25, -0.2) is 4.39 Å². The standard InChI is InChI=1S/C24H24ClFN6OS/c1-16-5-10-20(13-21(16)25)32-15-27-30-24(32)34-14-23(33)31(2)11-3-4-19-12-22(29-28-19)17-6-8-18(26)9-7-17/h5-10,12-13,15H,3-4,11,14H2,1-2H3,(H,28,29). The quantitative estimate of drug-likeness (QED) is 0.330. The van der Waals surface area contributed by atoms with Crippen molar-refractivity contribution in [2.24, 2.45) is 0 Å². The highest BCUT2D eigenvalue weighted by Gasteiger charge is 2.14. The average molecular weight is 499 g/mol. The third kappa shape index (κ3) is 5.84. The van der Waals surface area contributed by atoms with Gasteiger partial charge in [-0.15, -0.1) is 10.2 Å². The van der Waals surface area contributed by atoms with E-state index in [4.69, 9.17) is 11.6 Å². The molecule has 0 atom stereocenters. The zero-order valence-electron chi connectivity index (χ0n) is 18.8. The van der Waals surface area contributed by atoms with Crippen LogP contribution in [-0.4, -0.2) is 55.1 Å². The highest BCUT2D eigenvalue weighted by atomic mass is 35.5. The fourth-order valence-corrected chi connectivity index (χ4v) is 4.40. The Morgan fingerprint density at radius 3 is 2.76 bits per heavy atom. The molecule has 176 valence electrons. The maximum absolute atomic E-state index is 13.1. The lowest BCUT2D eigenvalue weighted by Crippen LogP contribution is -2.29. The summed E-state index contributed by atoms with van der Waals surface area (Å²) in [5.74, 6) is -0.00337. The third-order valence-corrected chi connectivity index (χ3v) is 6.75. The largest absolute Gasteiger partial charge is 0.345 e. The molecule has 2 aromatic heterocycles. The first-order valence-electron chi connectivity index (χ1n) is 10.7. The number of rotatable bonds is 9. The Balaban J connectivity index is 1.26. The van der Waals surface area contributed by atoms with Crippen molar-refractivity contribution in [3.05, 3.63) is 77.0 Å². The molecule has 0 bridgehead atoms. The van der Waals surface area contributed by atoms with E-state index >= 15 is 0 Å². The van der Waals surface area contributed by atoms with E-state index in [-0.39, 0.29) is 17.5 Å². The van der Waals surface area contributed by atoms with Gasteiger partial charge in [0.25, 0.3) is 0 Å². The fourth-order valence-electron chi connectivity index (χ4n) is 3.36. The Bertz CT molecular complexity index is 1270. The van der Waals surface area contributed by atoms with Crippen LogP contribution in [0.5, 0.6) is 0 Å². The van der Waals surface area contributed by atoms with Crippen molar-refractivity contribution in [3.63, 3.8) is 0 Å². The molecular formula is C24H24ClFN6OS. The van der Waals surface area contributed by atoms with Gasteiger partial charge in [0.15, 0.2) is 5.16 Å². The highest BCUT2D eigenvalue weighted by Crippen LogP contribution is 2.24. The molecule has 4 aromatic rings. The van der Waals surface area contributed by atoms with E-state index in [1.165, 1.54) is 23.9 Å². The summed E-state index contributed by atoms with van der Waals surface area (Å²) in [5.41, 5.74) is 4.44. The monoisotopic (exact) mass is 498 g/mol. The lowest BCUT2D eigenvalue weighted by Gasteiger charge is -2.16. The summed E-state index contributed by atoms with van der Waals surface area (Å²) in [5, 5.41) is 16.7. The maximum atomic E-state index is 13.1. The van der Waals surface area contributed by atoms with Crippen LogP contribution in [0.2, 0.25) is 5.02 Å². The second kappa shape index (κ2) is 10.8. The van der Waals surface area contributed by atoms with Crippen LogP contribution < -0.4 is 0 Å². The number of amides is 1. The first-order valence-corrected chi connectivity index (χ1v) is 12.1. The van der Waals surface area contributed by atoms with Crippen molar-refractivity contribution in [1.29, 1.82) is 0 Å². The van der Waals surface area contributed by atoms with Gasteiger partial charge in [-0.05, 0) is 67.8 Å². The number of H-pyrrole nitrogens is 1. The summed E-state index contributed by atoms with van der Waals surface area (Å²) in [4.78, 5) is 14.3. The van der Waals surface area contributed by atoms with Gasteiger partial charge in [-0.3, -0.25) is 14.5 Å². The first kappa shape index (κ1) is 24.0. The molecule has 4 rings (SSSR count). The SMILES string of the molecule is Cc1ccc(-n2cnnc2SCC(=O)N(C)CCCc2cc(-c3ccc(F)cc3)n[nH]2)cc1Cl. The molecular weight excluding hydrogens is 475 g/mol. The van der Waals surface area contributed by atoms with E-state index in [1.54, 1.807) is 30.4 Å². The molecule has 1 amide bonds. The van der Waals surface area contributed by atoms with Crippen LogP contribution in [0.4, 0.5) is 4.39 Å². The highest BCUT2D eigenvalue weighted by molar-refractivity contribution is 7.99. The molecule has 0 aliphatic rings. The number of thioether (sulfide) groups is 1. The molecule has 34 heavy (non-hydrogen) atoms. The third-order valence-electron chi connectivity index (χ3n) is 5.41. The zero-order chi connectivity index (χ0) is 24.1. The smallest absolute Gasteiger partial charge is 0.232 e. The van der Waals surface area contributed by atoms with Crippen LogP contribution in [0.1, 0.15) is 17.7 Å². The van der Waals surface area contributed by atoms with Crippen LogP contribution >= 0.6 is 23.4 Å². The molecule has 7 nitrogen and oxygen atoms in total. The summed E-state index contributed by atoms with van der Waals surface area (Å²) in [6.45, 7) is 2.56. The van der Waals surface area contributed by atoms with Crippen molar-refractivity contribution in [2.75, 3.05) is 19.3 Å². The van der Waals surface area contributed by atoms with Gasteiger partial charge in [0, 0.05) is 29.9 Å². The number of nitrogens with zero attached hydrogens (tertiary/aromatic N) is 5. The first-order chi connectivity index (χ1) is 16.4. The second-order valence-electron chi connectivity index (χ2n) is 7.91. The van der Waals surface area contributed by atoms with Crippen molar-refractivity contribution in [1.82, 2.24) is 29.9 Å². The second-order valence-corrected chi connectivity index (χ2v) is 9.26. The van der Waals surface area contributed by atoms with Gasteiger partial charge in [0.05, 0.1) is 17.1 Å². The molecule has 2 aromatic carbocycles. The molecule has 1 N–H and O–H groups in total. The summed E-state index contributed by atoms with van der Waals surface area (Å²) >= 11 is 7.58. The van der Waals surface area contributed by atoms with Gasteiger partial charge >= 0.3 is 0 Å². The van der Waals surface area contributed by atoms with E-state index in [9.17, 15) is 9.18 Å². The average Bonchev–Trinajstić information content (AvgIpc) is 3.49. The van der Waals surface area contributed by atoms with Crippen LogP contribution in [0.3, 0.4) is 0 Å². The lowest BCUT2D eigenvalue weighted by atomic mass is 10.1. The van der Waals surface area contributed by atoms with Crippen LogP contribution in [0.15, 0.2) is 60.0 Å². The number of aromatic nitrogens is 5. The predicted molar refractivity (Wildman–Crippen MR) is 132 cm³/mol. The van der Waals surface area contributed by atoms with Crippen molar-refractivity contribution < 1.29 is 9.18 Å². The van der Waals surface area contributed by atoms with E-state index in [0.29, 0.717) is 16.7 Å². The normalized spacial score (nSPS) is 11.1. The summed E-state index contributed by atoms with van der Waals surface area (Å²) in [6, 6.07) is 13.9. The zero-order valence-corrected chi connectivity index (χ0v) is 20.4. The Morgan fingerprint density at radius 1 is 1.21 bits per heavy atom. The Labute approximate surface area is 206 Å². The summed E-state index contributed by atoms with van der Waals surface area (Å²) in [6.07, 6.45) is 3.15. The fraction of sp³-hybridized carbons (Fsp3) is 0.250.